The number of hydrogen-bond donors (Lipinski definition) is 1. The molecule has 3 rings (SSSR count). The van der Waals surface area contributed by atoms with E-state index in [0.717, 1.165) is 0 Å². The van der Waals surface area contributed by atoms with E-state index < -0.39 is 0 Å². The van der Waals surface area contributed by atoms with E-state index >= 15 is 0 Å². The molecule has 10 heteroatoms. The average Bonchev–Trinajstić information content (AvgIpc) is 3.03. The van der Waals surface area contributed by atoms with Gasteiger partial charge in [0.2, 0.25) is 5.91 Å². The van der Waals surface area contributed by atoms with E-state index in [4.69, 9.17) is 39.5 Å². The zero-order chi connectivity index (χ0) is 20.1. The highest BCUT2D eigenvalue weighted by molar-refractivity contribution is 7.99. The number of anilines is 1. The molecule has 1 aromatic heterocycles. The summed E-state index contributed by atoms with van der Waals surface area (Å²) in [7, 11) is 1.80. The number of hydrogen-bond acceptors (Lipinski definition) is 5. The summed E-state index contributed by atoms with van der Waals surface area (Å²) >= 11 is 19.3. The minimum Gasteiger partial charge on any atom is -0.484 e. The van der Waals surface area contributed by atoms with Gasteiger partial charge in [-0.1, -0.05) is 64.8 Å². The predicted molar refractivity (Wildman–Crippen MR) is 113 cm³/mol. The minimum absolute atomic E-state index is 0.139. The molecule has 0 spiro atoms. The first-order chi connectivity index (χ1) is 13.5. The van der Waals surface area contributed by atoms with Crippen molar-refractivity contribution in [1.82, 2.24) is 14.8 Å². The molecule has 0 fully saturated rings. The SMILES string of the molecule is Cn1c(COc2ccccc2Cl)nnc1SCC(=O)Nc1cccc(Cl)c1Cl. The van der Waals surface area contributed by atoms with E-state index in [1.165, 1.54) is 11.8 Å². The third-order valence-corrected chi connectivity index (χ3v) is 5.83. The number of rotatable bonds is 7. The summed E-state index contributed by atoms with van der Waals surface area (Å²) < 4.78 is 7.44. The van der Waals surface area contributed by atoms with Crippen molar-refractivity contribution in [2.75, 3.05) is 11.1 Å². The largest absolute Gasteiger partial charge is 0.484 e. The van der Waals surface area contributed by atoms with Crippen LogP contribution in [0.4, 0.5) is 5.69 Å². The van der Waals surface area contributed by atoms with Crippen molar-refractivity contribution in [3.8, 4) is 5.75 Å². The van der Waals surface area contributed by atoms with E-state index in [0.29, 0.717) is 37.5 Å². The van der Waals surface area contributed by atoms with E-state index in [1.54, 1.807) is 41.9 Å². The second-order valence-electron chi connectivity index (χ2n) is 5.62. The van der Waals surface area contributed by atoms with Gasteiger partial charge in [0.1, 0.15) is 12.4 Å². The number of halogens is 3. The van der Waals surface area contributed by atoms with Crippen molar-refractivity contribution in [1.29, 1.82) is 0 Å². The molecule has 0 saturated heterocycles. The van der Waals surface area contributed by atoms with Gasteiger partial charge in [-0.05, 0) is 24.3 Å². The second-order valence-corrected chi connectivity index (χ2v) is 7.75. The molecule has 0 unspecified atom stereocenters. The number of nitrogens with zero attached hydrogens (tertiary/aromatic N) is 3. The molecule has 0 radical (unpaired) electrons. The Morgan fingerprint density at radius 2 is 1.86 bits per heavy atom. The number of nitrogens with one attached hydrogen (secondary N) is 1. The normalized spacial score (nSPS) is 10.7. The van der Waals surface area contributed by atoms with Crippen molar-refractivity contribution in [3.63, 3.8) is 0 Å². The molecule has 146 valence electrons. The Morgan fingerprint density at radius 1 is 1.11 bits per heavy atom. The fraction of sp³-hybridized carbons (Fsp3) is 0.167. The molecule has 0 saturated carbocycles. The van der Waals surface area contributed by atoms with E-state index in [1.807, 2.05) is 12.1 Å². The smallest absolute Gasteiger partial charge is 0.234 e. The van der Waals surface area contributed by atoms with Crippen LogP contribution in [0.2, 0.25) is 15.1 Å². The van der Waals surface area contributed by atoms with Crippen LogP contribution in [0.5, 0.6) is 5.75 Å². The van der Waals surface area contributed by atoms with Crippen LogP contribution < -0.4 is 10.1 Å². The van der Waals surface area contributed by atoms with Gasteiger partial charge in [0, 0.05) is 7.05 Å². The maximum atomic E-state index is 12.2. The van der Waals surface area contributed by atoms with Crippen molar-refractivity contribution in [3.05, 3.63) is 63.4 Å². The molecule has 0 atom stereocenters. The van der Waals surface area contributed by atoms with Crippen molar-refractivity contribution < 1.29 is 9.53 Å². The van der Waals surface area contributed by atoms with Gasteiger partial charge >= 0.3 is 0 Å². The fourth-order valence-corrected chi connectivity index (χ4v) is 3.49. The highest BCUT2D eigenvalue weighted by atomic mass is 35.5. The number of carbonyl (C=O) groups is 1. The molecule has 3 aromatic rings. The Hall–Kier alpha value is -1.93. The first-order valence-corrected chi connectivity index (χ1v) is 10.2. The van der Waals surface area contributed by atoms with Crippen molar-refractivity contribution in [2.24, 2.45) is 7.05 Å². The molecule has 2 aromatic carbocycles. The summed E-state index contributed by atoms with van der Waals surface area (Å²) in [5, 5.41) is 12.7. The molecular weight excluding hydrogens is 443 g/mol. The monoisotopic (exact) mass is 456 g/mol. The number of amides is 1. The average molecular weight is 458 g/mol. The number of benzene rings is 2. The van der Waals surface area contributed by atoms with E-state index in [9.17, 15) is 4.79 Å². The Balaban J connectivity index is 1.56. The summed E-state index contributed by atoms with van der Waals surface area (Å²) in [6.07, 6.45) is 0. The second kappa shape index (κ2) is 9.52. The zero-order valence-corrected chi connectivity index (χ0v) is 17.7. The topological polar surface area (TPSA) is 69.0 Å². The Labute approximate surface area is 181 Å². The van der Waals surface area contributed by atoms with Crippen LogP contribution in [-0.2, 0) is 18.4 Å². The summed E-state index contributed by atoms with van der Waals surface area (Å²) in [4.78, 5) is 12.2. The summed E-state index contributed by atoms with van der Waals surface area (Å²) in [5.74, 6) is 1.09. The van der Waals surface area contributed by atoms with Gasteiger partial charge in [-0.2, -0.15) is 0 Å². The summed E-state index contributed by atoms with van der Waals surface area (Å²) in [6.45, 7) is 0.206. The molecule has 1 N–H and O–H groups in total. The molecule has 1 heterocycles. The first-order valence-electron chi connectivity index (χ1n) is 8.08. The Morgan fingerprint density at radius 3 is 2.64 bits per heavy atom. The Kier molecular flexibility index (Phi) is 7.07. The van der Waals surface area contributed by atoms with Crippen LogP contribution in [0.15, 0.2) is 47.6 Å². The third-order valence-electron chi connectivity index (χ3n) is 3.68. The van der Waals surface area contributed by atoms with Gasteiger partial charge in [0.15, 0.2) is 11.0 Å². The van der Waals surface area contributed by atoms with Crippen LogP contribution in [-0.4, -0.2) is 26.4 Å². The van der Waals surface area contributed by atoms with Gasteiger partial charge in [0.05, 0.1) is 26.5 Å². The maximum absolute atomic E-state index is 12.2. The standard InChI is InChI=1S/C18H15Cl3N4O2S/c1-25-15(9-27-14-8-3-2-5-11(14)19)23-24-18(25)28-10-16(26)22-13-7-4-6-12(20)17(13)21/h2-8H,9-10H2,1H3,(H,22,26). The quantitative estimate of drug-likeness (QED) is 0.501. The number of carbonyl (C=O) groups excluding carboxylic acids is 1. The van der Waals surface area contributed by atoms with E-state index in [2.05, 4.69) is 15.5 Å². The lowest BCUT2D eigenvalue weighted by molar-refractivity contribution is -0.113. The van der Waals surface area contributed by atoms with Crippen molar-refractivity contribution >= 4 is 58.2 Å². The highest BCUT2D eigenvalue weighted by Crippen LogP contribution is 2.30. The number of thioether (sulfide) groups is 1. The minimum atomic E-state index is -0.231. The zero-order valence-electron chi connectivity index (χ0n) is 14.7. The fourth-order valence-electron chi connectivity index (χ4n) is 2.22. The first kappa shape index (κ1) is 20.8. The molecule has 0 aliphatic heterocycles. The molecular formula is C18H15Cl3N4O2S. The molecule has 0 aliphatic rings. The molecule has 28 heavy (non-hydrogen) atoms. The maximum Gasteiger partial charge on any atom is 0.234 e. The lowest BCUT2D eigenvalue weighted by atomic mass is 10.3. The van der Waals surface area contributed by atoms with Crippen LogP contribution in [0, 0.1) is 0 Å². The van der Waals surface area contributed by atoms with Gasteiger partial charge in [-0.25, -0.2) is 0 Å². The van der Waals surface area contributed by atoms with Crippen LogP contribution in [0.3, 0.4) is 0 Å². The molecule has 0 aliphatic carbocycles. The van der Waals surface area contributed by atoms with Crippen LogP contribution >= 0.6 is 46.6 Å². The van der Waals surface area contributed by atoms with Crippen LogP contribution in [0.1, 0.15) is 5.82 Å². The van der Waals surface area contributed by atoms with Crippen molar-refractivity contribution in [2.45, 2.75) is 11.8 Å². The van der Waals surface area contributed by atoms with Gasteiger partial charge < -0.3 is 14.6 Å². The number of para-hydroxylation sites is 1. The van der Waals surface area contributed by atoms with Gasteiger partial charge in [-0.3, -0.25) is 4.79 Å². The van der Waals surface area contributed by atoms with Crippen LogP contribution in [0.25, 0.3) is 0 Å². The lowest BCUT2D eigenvalue weighted by Crippen LogP contribution is -2.15. The Bertz CT molecular complexity index is 997. The van der Waals surface area contributed by atoms with E-state index in [-0.39, 0.29) is 18.3 Å². The molecule has 0 bridgehead atoms. The van der Waals surface area contributed by atoms with Gasteiger partial charge in [-0.15, -0.1) is 10.2 Å². The molecule has 1 amide bonds. The number of aromatic nitrogens is 3. The van der Waals surface area contributed by atoms with Gasteiger partial charge in [0.25, 0.3) is 0 Å². The number of ether oxygens (including phenoxy) is 1. The lowest BCUT2D eigenvalue weighted by Gasteiger charge is -2.09. The summed E-state index contributed by atoms with van der Waals surface area (Å²) in [5.41, 5.74) is 0.464. The predicted octanol–water partition coefficient (Wildman–Crippen LogP) is 5.09. The summed E-state index contributed by atoms with van der Waals surface area (Å²) in [6, 6.07) is 12.2. The third kappa shape index (κ3) is 5.11. The molecule has 6 nitrogen and oxygen atoms in total. The highest BCUT2D eigenvalue weighted by Gasteiger charge is 2.14.